The lowest BCUT2D eigenvalue weighted by Gasteiger charge is -2.20. The van der Waals surface area contributed by atoms with Crippen LogP contribution in [0.2, 0.25) is 5.02 Å². The summed E-state index contributed by atoms with van der Waals surface area (Å²) in [4.78, 5) is 12.4. The molecule has 0 heterocycles. The molecule has 20 heavy (non-hydrogen) atoms. The van der Waals surface area contributed by atoms with Crippen molar-refractivity contribution in [2.45, 2.75) is 6.54 Å². The van der Waals surface area contributed by atoms with Gasteiger partial charge in [0.15, 0.2) is 0 Å². The topological polar surface area (TPSA) is 72.4 Å². The summed E-state index contributed by atoms with van der Waals surface area (Å²) in [6.07, 6.45) is 0. The Morgan fingerprint density at radius 2 is 1.95 bits per heavy atom. The van der Waals surface area contributed by atoms with Crippen LogP contribution in [0.3, 0.4) is 0 Å². The van der Waals surface area contributed by atoms with Gasteiger partial charge in [0.05, 0.1) is 4.92 Å². The van der Waals surface area contributed by atoms with Gasteiger partial charge >= 0.3 is 5.69 Å². The normalized spacial score (nSPS) is 10.3. The molecule has 0 spiro atoms. The van der Waals surface area contributed by atoms with Gasteiger partial charge in [-0.2, -0.15) is 0 Å². The first kappa shape index (κ1) is 14.1. The van der Waals surface area contributed by atoms with E-state index in [1.54, 1.807) is 30.1 Å². The van der Waals surface area contributed by atoms with E-state index in [2.05, 4.69) is 0 Å². The van der Waals surface area contributed by atoms with E-state index < -0.39 is 4.92 Å². The number of nitrogens with zero attached hydrogens (tertiary/aromatic N) is 2. The molecule has 0 aromatic heterocycles. The predicted octanol–water partition coefficient (Wildman–Crippen LogP) is 3.47. The summed E-state index contributed by atoms with van der Waals surface area (Å²) in [5, 5.41) is 11.8. The Morgan fingerprint density at radius 1 is 1.25 bits per heavy atom. The number of benzene rings is 2. The average Bonchev–Trinajstić information content (AvgIpc) is 2.40. The SMILES string of the molecule is CN(Cc1ccccc1Cl)c1cccc(N)c1[N+](=O)[O-]. The summed E-state index contributed by atoms with van der Waals surface area (Å²) in [5.41, 5.74) is 7.12. The molecular formula is C14H14ClN3O2. The molecule has 0 aliphatic heterocycles. The van der Waals surface area contributed by atoms with Gasteiger partial charge in [-0.1, -0.05) is 35.9 Å². The fourth-order valence-corrected chi connectivity index (χ4v) is 2.22. The number of hydrogen-bond acceptors (Lipinski definition) is 4. The Labute approximate surface area is 121 Å². The quantitative estimate of drug-likeness (QED) is 0.532. The number of anilines is 2. The molecule has 0 saturated heterocycles. The van der Waals surface area contributed by atoms with Gasteiger partial charge in [-0.15, -0.1) is 0 Å². The number of rotatable bonds is 4. The lowest BCUT2D eigenvalue weighted by molar-refractivity contribution is -0.383. The molecular weight excluding hydrogens is 278 g/mol. The molecule has 0 bridgehead atoms. The number of nitrogens with two attached hydrogens (primary N) is 1. The van der Waals surface area contributed by atoms with Crippen LogP contribution in [0.4, 0.5) is 17.1 Å². The van der Waals surface area contributed by atoms with E-state index in [4.69, 9.17) is 17.3 Å². The standard InChI is InChI=1S/C14H14ClN3O2/c1-17(9-10-5-2-3-6-11(10)15)13-8-4-7-12(16)14(13)18(19)20/h2-8H,9,16H2,1H3. The van der Waals surface area contributed by atoms with Crippen molar-refractivity contribution in [1.29, 1.82) is 0 Å². The van der Waals surface area contributed by atoms with Gasteiger partial charge in [0.1, 0.15) is 11.4 Å². The Morgan fingerprint density at radius 3 is 2.60 bits per heavy atom. The first-order valence-electron chi connectivity index (χ1n) is 5.98. The summed E-state index contributed by atoms with van der Waals surface area (Å²) in [7, 11) is 1.77. The number of hydrogen-bond donors (Lipinski definition) is 1. The van der Waals surface area contributed by atoms with Crippen LogP contribution in [0.15, 0.2) is 42.5 Å². The van der Waals surface area contributed by atoms with Crippen molar-refractivity contribution in [2.24, 2.45) is 0 Å². The Balaban J connectivity index is 2.35. The van der Waals surface area contributed by atoms with E-state index in [0.29, 0.717) is 17.3 Å². The van der Waals surface area contributed by atoms with Crippen LogP contribution in [0.1, 0.15) is 5.56 Å². The average molecular weight is 292 g/mol. The summed E-state index contributed by atoms with van der Waals surface area (Å²) in [6, 6.07) is 12.3. The monoisotopic (exact) mass is 291 g/mol. The molecule has 5 nitrogen and oxygen atoms in total. The van der Waals surface area contributed by atoms with Crippen LogP contribution in [0.5, 0.6) is 0 Å². The molecule has 0 fully saturated rings. The predicted molar refractivity (Wildman–Crippen MR) is 81.1 cm³/mol. The fourth-order valence-electron chi connectivity index (χ4n) is 2.02. The third-order valence-electron chi connectivity index (χ3n) is 3.01. The molecule has 2 aromatic carbocycles. The summed E-state index contributed by atoms with van der Waals surface area (Å²) in [5.74, 6) is 0. The van der Waals surface area contributed by atoms with Crippen LogP contribution < -0.4 is 10.6 Å². The van der Waals surface area contributed by atoms with Crippen molar-refractivity contribution < 1.29 is 4.92 Å². The first-order valence-corrected chi connectivity index (χ1v) is 6.36. The molecule has 0 aliphatic rings. The van der Waals surface area contributed by atoms with E-state index in [9.17, 15) is 10.1 Å². The van der Waals surface area contributed by atoms with E-state index >= 15 is 0 Å². The van der Waals surface area contributed by atoms with Crippen molar-refractivity contribution in [3.05, 3.63) is 63.2 Å². The highest BCUT2D eigenvalue weighted by Gasteiger charge is 2.20. The molecule has 0 radical (unpaired) electrons. The molecule has 0 saturated carbocycles. The third-order valence-corrected chi connectivity index (χ3v) is 3.37. The van der Waals surface area contributed by atoms with Crippen molar-refractivity contribution in [3.8, 4) is 0 Å². The van der Waals surface area contributed by atoms with Crippen LogP contribution in [-0.2, 0) is 6.54 Å². The lowest BCUT2D eigenvalue weighted by atomic mass is 10.1. The molecule has 0 amide bonds. The van der Waals surface area contributed by atoms with Gasteiger partial charge in [0, 0.05) is 18.6 Å². The fraction of sp³-hybridized carbons (Fsp3) is 0.143. The molecule has 2 rings (SSSR count). The molecule has 104 valence electrons. The van der Waals surface area contributed by atoms with Crippen LogP contribution in [0.25, 0.3) is 0 Å². The van der Waals surface area contributed by atoms with Gasteiger partial charge < -0.3 is 10.6 Å². The highest BCUT2D eigenvalue weighted by atomic mass is 35.5. The lowest BCUT2D eigenvalue weighted by Crippen LogP contribution is -2.18. The smallest absolute Gasteiger partial charge is 0.315 e. The molecule has 0 atom stereocenters. The largest absolute Gasteiger partial charge is 0.393 e. The summed E-state index contributed by atoms with van der Waals surface area (Å²) < 4.78 is 0. The van der Waals surface area contributed by atoms with Gasteiger partial charge in [0.2, 0.25) is 0 Å². The van der Waals surface area contributed by atoms with E-state index in [1.807, 2.05) is 18.2 Å². The molecule has 0 aliphatic carbocycles. The summed E-state index contributed by atoms with van der Waals surface area (Å²) in [6.45, 7) is 0.462. The van der Waals surface area contributed by atoms with Crippen molar-refractivity contribution in [2.75, 3.05) is 17.7 Å². The number of nitrogen functional groups attached to an aromatic ring is 1. The minimum atomic E-state index is -0.465. The highest BCUT2D eigenvalue weighted by Crippen LogP contribution is 2.34. The van der Waals surface area contributed by atoms with Crippen molar-refractivity contribution in [1.82, 2.24) is 0 Å². The third kappa shape index (κ3) is 2.83. The zero-order chi connectivity index (χ0) is 14.7. The maximum absolute atomic E-state index is 11.1. The molecule has 6 heteroatoms. The molecule has 2 aromatic rings. The number of nitro benzene ring substituents is 1. The van der Waals surface area contributed by atoms with Crippen LogP contribution >= 0.6 is 11.6 Å². The van der Waals surface area contributed by atoms with Gasteiger partial charge in [-0.25, -0.2) is 0 Å². The second kappa shape index (κ2) is 5.79. The second-order valence-corrected chi connectivity index (χ2v) is 4.83. The first-order chi connectivity index (χ1) is 9.50. The molecule has 0 unspecified atom stereocenters. The molecule has 2 N–H and O–H groups in total. The van der Waals surface area contributed by atoms with Crippen LogP contribution in [0, 0.1) is 10.1 Å². The number of nitro groups is 1. The summed E-state index contributed by atoms with van der Waals surface area (Å²) >= 11 is 6.10. The highest BCUT2D eigenvalue weighted by molar-refractivity contribution is 6.31. The Bertz CT molecular complexity index is 646. The van der Waals surface area contributed by atoms with Crippen molar-refractivity contribution >= 4 is 28.7 Å². The van der Waals surface area contributed by atoms with Crippen molar-refractivity contribution in [3.63, 3.8) is 0 Å². The van der Waals surface area contributed by atoms with E-state index in [1.165, 1.54) is 6.07 Å². The van der Waals surface area contributed by atoms with Gasteiger partial charge in [-0.3, -0.25) is 10.1 Å². The minimum absolute atomic E-state index is 0.0814. The number of para-hydroxylation sites is 1. The zero-order valence-electron chi connectivity index (χ0n) is 10.9. The number of halogens is 1. The zero-order valence-corrected chi connectivity index (χ0v) is 11.7. The maximum atomic E-state index is 11.1. The van der Waals surface area contributed by atoms with E-state index in [0.717, 1.165) is 5.56 Å². The Hall–Kier alpha value is -2.27. The maximum Gasteiger partial charge on any atom is 0.315 e. The van der Waals surface area contributed by atoms with E-state index in [-0.39, 0.29) is 11.4 Å². The van der Waals surface area contributed by atoms with Crippen LogP contribution in [-0.4, -0.2) is 12.0 Å². The van der Waals surface area contributed by atoms with Gasteiger partial charge in [0.25, 0.3) is 0 Å². The minimum Gasteiger partial charge on any atom is -0.393 e. The van der Waals surface area contributed by atoms with Gasteiger partial charge in [-0.05, 0) is 23.8 Å². The Kier molecular flexibility index (Phi) is 4.10. The second-order valence-electron chi connectivity index (χ2n) is 4.42.